The number of fused-ring (bicyclic) bond motifs is 1. The van der Waals surface area contributed by atoms with Crippen LogP contribution in [0.15, 0.2) is 34.8 Å². The van der Waals surface area contributed by atoms with Gasteiger partial charge >= 0.3 is 0 Å². The van der Waals surface area contributed by atoms with Crippen molar-refractivity contribution in [2.24, 2.45) is 0 Å². The lowest BCUT2D eigenvalue weighted by Gasteiger charge is -2.12. The highest BCUT2D eigenvalue weighted by molar-refractivity contribution is 8.02. The topological polar surface area (TPSA) is 0 Å². The maximum atomic E-state index is 13.7. The van der Waals surface area contributed by atoms with Crippen molar-refractivity contribution >= 4 is 11.8 Å². The Balaban J connectivity index is 2.05. The van der Waals surface area contributed by atoms with Gasteiger partial charge in [-0.25, -0.2) is 8.78 Å². The Morgan fingerprint density at radius 2 is 2.06 bits per heavy atom. The third-order valence-electron chi connectivity index (χ3n) is 3.28. The number of hydrogen-bond donors (Lipinski definition) is 0. The summed E-state index contributed by atoms with van der Waals surface area (Å²) in [6, 6.07) is 2.95. The lowest BCUT2D eigenvalue weighted by molar-refractivity contribution is 0.501. The van der Waals surface area contributed by atoms with E-state index in [1.807, 2.05) is 0 Å². The van der Waals surface area contributed by atoms with Crippen LogP contribution in [0.25, 0.3) is 0 Å². The standard InChI is InChI=1S/C14H12F2S/c15-12-6-5-9-7-10-3-1-2-4-13(10)17-8-11(9)14(12)16/h1,3,5-6H,2,4,7-8H2. The van der Waals surface area contributed by atoms with Crippen molar-refractivity contribution < 1.29 is 8.78 Å². The molecule has 0 unspecified atom stereocenters. The quantitative estimate of drug-likeness (QED) is 0.659. The maximum Gasteiger partial charge on any atom is 0.163 e. The molecule has 2 aliphatic rings. The van der Waals surface area contributed by atoms with Crippen LogP contribution < -0.4 is 0 Å². The molecule has 3 rings (SSSR count). The predicted octanol–water partition coefficient (Wildman–Crippen LogP) is 4.36. The van der Waals surface area contributed by atoms with Crippen molar-refractivity contribution in [3.05, 3.63) is 57.5 Å². The molecule has 1 aromatic carbocycles. The van der Waals surface area contributed by atoms with Gasteiger partial charge in [0.05, 0.1) is 0 Å². The van der Waals surface area contributed by atoms with Crippen molar-refractivity contribution in [1.29, 1.82) is 0 Å². The summed E-state index contributed by atoms with van der Waals surface area (Å²) >= 11 is 1.66. The van der Waals surface area contributed by atoms with Crippen LogP contribution in [0.4, 0.5) is 8.78 Å². The zero-order chi connectivity index (χ0) is 11.8. The number of benzene rings is 1. The summed E-state index contributed by atoms with van der Waals surface area (Å²) in [7, 11) is 0. The fraction of sp³-hybridized carbons (Fsp3) is 0.286. The van der Waals surface area contributed by atoms with E-state index in [0.717, 1.165) is 24.8 Å². The van der Waals surface area contributed by atoms with Gasteiger partial charge in [0.25, 0.3) is 0 Å². The maximum absolute atomic E-state index is 13.7. The number of rotatable bonds is 0. The molecule has 0 saturated heterocycles. The fourth-order valence-electron chi connectivity index (χ4n) is 2.33. The lowest BCUT2D eigenvalue weighted by atomic mass is 9.96. The number of halogens is 2. The van der Waals surface area contributed by atoms with E-state index >= 15 is 0 Å². The van der Waals surface area contributed by atoms with E-state index in [1.54, 1.807) is 17.8 Å². The Bertz CT molecular complexity index is 529. The van der Waals surface area contributed by atoms with Crippen molar-refractivity contribution in [2.75, 3.05) is 0 Å². The molecule has 0 amide bonds. The molecule has 1 aliphatic heterocycles. The Labute approximate surface area is 103 Å². The second-order valence-corrected chi connectivity index (χ2v) is 5.42. The van der Waals surface area contributed by atoms with Gasteiger partial charge in [0.15, 0.2) is 11.6 Å². The SMILES string of the molecule is Fc1ccc2c(c1F)CSC1=C(C=CCC1)C2. The third-order valence-corrected chi connectivity index (χ3v) is 4.53. The minimum Gasteiger partial charge on any atom is -0.204 e. The third kappa shape index (κ3) is 1.93. The van der Waals surface area contributed by atoms with Crippen LogP contribution in [-0.2, 0) is 12.2 Å². The van der Waals surface area contributed by atoms with Crippen molar-refractivity contribution in [3.63, 3.8) is 0 Å². The smallest absolute Gasteiger partial charge is 0.163 e. The molecule has 0 spiro atoms. The molecule has 0 radical (unpaired) electrons. The van der Waals surface area contributed by atoms with Crippen molar-refractivity contribution in [3.8, 4) is 0 Å². The second-order valence-electron chi connectivity index (χ2n) is 4.35. The molecule has 0 aromatic heterocycles. The van der Waals surface area contributed by atoms with Crippen LogP contribution in [0.5, 0.6) is 0 Å². The van der Waals surface area contributed by atoms with E-state index in [4.69, 9.17) is 0 Å². The lowest BCUT2D eigenvalue weighted by Crippen LogP contribution is -1.99. The molecule has 0 saturated carbocycles. The fourth-order valence-corrected chi connectivity index (χ4v) is 3.55. The first-order valence-electron chi connectivity index (χ1n) is 5.73. The van der Waals surface area contributed by atoms with Gasteiger partial charge in [-0.15, -0.1) is 11.8 Å². The number of hydrogen-bond acceptors (Lipinski definition) is 1. The summed E-state index contributed by atoms with van der Waals surface area (Å²) < 4.78 is 26.9. The van der Waals surface area contributed by atoms with Crippen molar-refractivity contribution in [1.82, 2.24) is 0 Å². The molecule has 0 nitrogen and oxygen atoms in total. The summed E-state index contributed by atoms with van der Waals surface area (Å²) in [5.74, 6) is -0.857. The Hall–Kier alpha value is -1.09. The highest BCUT2D eigenvalue weighted by Crippen LogP contribution is 2.38. The molecule has 88 valence electrons. The van der Waals surface area contributed by atoms with Crippen LogP contribution in [0.2, 0.25) is 0 Å². The number of allylic oxidation sites excluding steroid dienone is 4. The molecule has 0 fully saturated rings. The monoisotopic (exact) mass is 250 g/mol. The first kappa shape index (κ1) is 11.0. The van der Waals surface area contributed by atoms with Gasteiger partial charge in [-0.2, -0.15) is 0 Å². The minimum atomic E-state index is -0.736. The summed E-state index contributed by atoms with van der Waals surface area (Å²) in [6.07, 6.45) is 7.10. The number of thioether (sulfide) groups is 1. The summed E-state index contributed by atoms with van der Waals surface area (Å²) in [5, 5.41) is 0. The van der Waals surface area contributed by atoms with Gasteiger partial charge in [-0.3, -0.25) is 0 Å². The molecule has 17 heavy (non-hydrogen) atoms. The molecule has 1 aromatic rings. The first-order chi connectivity index (χ1) is 8.25. The molecule has 1 aliphatic carbocycles. The predicted molar refractivity (Wildman–Crippen MR) is 66.8 cm³/mol. The van der Waals surface area contributed by atoms with Gasteiger partial charge in [0.1, 0.15) is 0 Å². The molecular formula is C14H12F2S. The average Bonchev–Trinajstić information content (AvgIpc) is 2.53. The zero-order valence-electron chi connectivity index (χ0n) is 9.30. The highest BCUT2D eigenvalue weighted by Gasteiger charge is 2.20. The summed E-state index contributed by atoms with van der Waals surface area (Å²) in [6.45, 7) is 0. The van der Waals surface area contributed by atoms with Crippen LogP contribution in [0, 0.1) is 11.6 Å². The molecule has 0 atom stereocenters. The molecule has 1 heterocycles. The summed E-state index contributed by atoms with van der Waals surface area (Å²) in [5.41, 5.74) is 2.73. The molecule has 0 N–H and O–H groups in total. The largest absolute Gasteiger partial charge is 0.204 e. The molecule has 0 bridgehead atoms. The van der Waals surface area contributed by atoms with Gasteiger partial charge in [-0.05, 0) is 41.4 Å². The van der Waals surface area contributed by atoms with Crippen LogP contribution >= 0.6 is 11.8 Å². The highest BCUT2D eigenvalue weighted by atomic mass is 32.2. The van der Waals surface area contributed by atoms with Crippen molar-refractivity contribution in [2.45, 2.75) is 25.0 Å². The van der Waals surface area contributed by atoms with E-state index in [9.17, 15) is 8.78 Å². The van der Waals surface area contributed by atoms with E-state index in [0.29, 0.717) is 11.3 Å². The van der Waals surface area contributed by atoms with E-state index in [2.05, 4.69) is 12.2 Å². The van der Waals surface area contributed by atoms with E-state index in [-0.39, 0.29) is 0 Å². The zero-order valence-corrected chi connectivity index (χ0v) is 10.1. The first-order valence-corrected chi connectivity index (χ1v) is 6.71. The normalized spacial score (nSPS) is 18.7. The van der Waals surface area contributed by atoms with E-state index in [1.165, 1.54) is 16.5 Å². The molecular weight excluding hydrogens is 238 g/mol. The van der Waals surface area contributed by atoms with Gasteiger partial charge in [-0.1, -0.05) is 18.2 Å². The van der Waals surface area contributed by atoms with Gasteiger partial charge < -0.3 is 0 Å². The van der Waals surface area contributed by atoms with E-state index < -0.39 is 11.6 Å². The van der Waals surface area contributed by atoms with Gasteiger partial charge in [0.2, 0.25) is 0 Å². The second kappa shape index (κ2) is 4.30. The van der Waals surface area contributed by atoms with Crippen LogP contribution in [0.3, 0.4) is 0 Å². The van der Waals surface area contributed by atoms with Crippen LogP contribution in [0.1, 0.15) is 24.0 Å². The van der Waals surface area contributed by atoms with Crippen LogP contribution in [-0.4, -0.2) is 0 Å². The average molecular weight is 250 g/mol. The Morgan fingerprint density at radius 1 is 1.18 bits per heavy atom. The molecule has 3 heteroatoms. The summed E-state index contributed by atoms with van der Waals surface area (Å²) in [4.78, 5) is 1.34. The Morgan fingerprint density at radius 3 is 2.94 bits per heavy atom. The minimum absolute atomic E-state index is 0.540. The Kier molecular flexibility index (Phi) is 2.79. The van der Waals surface area contributed by atoms with Gasteiger partial charge in [0, 0.05) is 11.3 Å².